The SMILES string of the molecule is CCCCN1C(=O)C2C(c3ccc(O)c(O)c3)NC(C(=O)O)(C(C)C)C2C1=O. The first-order chi connectivity index (χ1) is 13.2. The standard InChI is InChI=1S/C20H26N2O6/c1-4-5-8-22-17(25)14-15(18(22)26)20(10(2)3,19(27)28)21-16(14)11-6-7-12(23)13(24)9-11/h6-7,9-10,14-16,21,23-24H,4-5,8H2,1-3H3,(H,27,28). The molecule has 28 heavy (non-hydrogen) atoms. The number of hydrogen-bond donors (Lipinski definition) is 4. The molecule has 2 fully saturated rings. The molecule has 3 rings (SSSR count). The van der Waals surface area contributed by atoms with Gasteiger partial charge < -0.3 is 15.3 Å². The summed E-state index contributed by atoms with van der Waals surface area (Å²) in [4.78, 5) is 39.8. The zero-order valence-corrected chi connectivity index (χ0v) is 16.2. The lowest BCUT2D eigenvalue weighted by atomic mass is 9.73. The van der Waals surface area contributed by atoms with Crippen molar-refractivity contribution >= 4 is 17.8 Å². The molecule has 2 heterocycles. The molecular formula is C20H26N2O6. The van der Waals surface area contributed by atoms with E-state index in [2.05, 4.69) is 5.32 Å². The summed E-state index contributed by atoms with van der Waals surface area (Å²) in [5, 5.41) is 32.6. The third-order valence-corrected chi connectivity index (χ3v) is 6.04. The van der Waals surface area contributed by atoms with Gasteiger partial charge in [0.05, 0.1) is 11.8 Å². The summed E-state index contributed by atoms with van der Waals surface area (Å²) in [6.45, 7) is 5.64. The Labute approximate surface area is 163 Å². The second-order valence-corrected chi connectivity index (χ2v) is 7.88. The summed E-state index contributed by atoms with van der Waals surface area (Å²) in [5.74, 6) is -5.09. The van der Waals surface area contributed by atoms with Crippen molar-refractivity contribution in [3.63, 3.8) is 0 Å². The number of phenols is 2. The minimum absolute atomic E-state index is 0.266. The number of likely N-dealkylation sites (tertiary alicyclic amines) is 1. The van der Waals surface area contributed by atoms with Gasteiger partial charge in [0.15, 0.2) is 11.5 Å². The number of amides is 2. The Kier molecular flexibility index (Phi) is 5.10. The van der Waals surface area contributed by atoms with Crippen molar-refractivity contribution < 1.29 is 29.7 Å². The number of unbranched alkanes of at least 4 members (excludes halogenated alkanes) is 1. The van der Waals surface area contributed by atoms with Crippen molar-refractivity contribution in [1.82, 2.24) is 10.2 Å². The highest BCUT2D eigenvalue weighted by Gasteiger charge is 2.69. The summed E-state index contributed by atoms with van der Waals surface area (Å²) in [6, 6.07) is 3.34. The zero-order chi connectivity index (χ0) is 20.8. The highest BCUT2D eigenvalue weighted by molar-refractivity contribution is 6.09. The number of aromatic hydroxyl groups is 2. The molecule has 4 N–H and O–H groups in total. The Morgan fingerprint density at radius 2 is 1.89 bits per heavy atom. The van der Waals surface area contributed by atoms with Crippen LogP contribution in [0, 0.1) is 17.8 Å². The second kappa shape index (κ2) is 7.09. The van der Waals surface area contributed by atoms with Crippen molar-refractivity contribution in [2.24, 2.45) is 17.8 Å². The van der Waals surface area contributed by atoms with E-state index in [-0.39, 0.29) is 18.0 Å². The van der Waals surface area contributed by atoms with Gasteiger partial charge in [-0.05, 0) is 30.0 Å². The molecule has 4 unspecified atom stereocenters. The van der Waals surface area contributed by atoms with Gasteiger partial charge in [-0.25, -0.2) is 0 Å². The minimum Gasteiger partial charge on any atom is -0.504 e. The number of imide groups is 1. The Hall–Kier alpha value is -2.61. The number of carboxylic acid groups (broad SMARTS) is 1. The number of nitrogens with one attached hydrogen (secondary N) is 1. The number of carbonyl (C=O) groups excluding carboxylic acids is 2. The van der Waals surface area contributed by atoms with Crippen LogP contribution in [0.4, 0.5) is 0 Å². The van der Waals surface area contributed by atoms with Crippen LogP contribution < -0.4 is 5.32 Å². The van der Waals surface area contributed by atoms with E-state index in [0.717, 1.165) is 6.42 Å². The summed E-state index contributed by atoms with van der Waals surface area (Å²) in [6.07, 6.45) is 1.45. The molecule has 0 aliphatic carbocycles. The first-order valence-electron chi connectivity index (χ1n) is 9.55. The van der Waals surface area contributed by atoms with E-state index in [1.807, 2.05) is 6.92 Å². The van der Waals surface area contributed by atoms with Gasteiger partial charge in [0, 0.05) is 12.6 Å². The van der Waals surface area contributed by atoms with Crippen molar-refractivity contribution in [3.8, 4) is 11.5 Å². The molecule has 1 aromatic carbocycles. The summed E-state index contributed by atoms with van der Waals surface area (Å²) >= 11 is 0. The molecule has 4 atom stereocenters. The Morgan fingerprint density at radius 3 is 2.43 bits per heavy atom. The average Bonchev–Trinajstić information content (AvgIpc) is 3.12. The number of hydrogen-bond acceptors (Lipinski definition) is 6. The van der Waals surface area contributed by atoms with Gasteiger partial charge in [0.25, 0.3) is 0 Å². The Bertz CT molecular complexity index is 823. The number of aliphatic carboxylic acids is 1. The molecule has 2 aliphatic heterocycles. The molecule has 1 aromatic rings. The van der Waals surface area contributed by atoms with Crippen LogP contribution in [0.3, 0.4) is 0 Å². The van der Waals surface area contributed by atoms with E-state index in [1.165, 1.54) is 23.1 Å². The molecule has 0 aromatic heterocycles. The first kappa shape index (κ1) is 20.1. The van der Waals surface area contributed by atoms with Gasteiger partial charge in [0.2, 0.25) is 11.8 Å². The fourth-order valence-corrected chi connectivity index (χ4v) is 4.53. The number of fused-ring (bicyclic) bond motifs is 1. The molecule has 2 saturated heterocycles. The lowest BCUT2D eigenvalue weighted by molar-refractivity contribution is -0.153. The lowest BCUT2D eigenvalue weighted by Crippen LogP contribution is -2.59. The number of rotatable bonds is 6. The number of phenolic OH excluding ortho intramolecular Hbond substituents is 2. The maximum atomic E-state index is 13.1. The number of nitrogens with zero attached hydrogens (tertiary/aromatic N) is 1. The lowest BCUT2D eigenvalue weighted by Gasteiger charge is -2.34. The van der Waals surface area contributed by atoms with E-state index in [0.29, 0.717) is 12.0 Å². The van der Waals surface area contributed by atoms with Crippen molar-refractivity contribution in [2.75, 3.05) is 6.54 Å². The van der Waals surface area contributed by atoms with Crippen LogP contribution in [0.15, 0.2) is 18.2 Å². The van der Waals surface area contributed by atoms with Crippen LogP contribution in [-0.2, 0) is 14.4 Å². The number of benzene rings is 1. The van der Waals surface area contributed by atoms with Crippen molar-refractivity contribution in [1.29, 1.82) is 0 Å². The van der Waals surface area contributed by atoms with Crippen LogP contribution in [0.2, 0.25) is 0 Å². The smallest absolute Gasteiger partial charge is 0.325 e. The topological polar surface area (TPSA) is 127 Å². The van der Waals surface area contributed by atoms with Crippen molar-refractivity contribution in [2.45, 2.75) is 45.2 Å². The molecule has 2 amide bonds. The van der Waals surface area contributed by atoms with E-state index < -0.39 is 47.1 Å². The largest absolute Gasteiger partial charge is 0.504 e. The van der Waals surface area contributed by atoms with Crippen LogP contribution in [0.1, 0.15) is 45.2 Å². The molecular weight excluding hydrogens is 364 g/mol. The maximum Gasteiger partial charge on any atom is 0.325 e. The number of carboxylic acids is 1. The molecule has 0 radical (unpaired) electrons. The summed E-state index contributed by atoms with van der Waals surface area (Å²) in [7, 11) is 0. The van der Waals surface area contributed by atoms with E-state index in [4.69, 9.17) is 0 Å². The van der Waals surface area contributed by atoms with Gasteiger partial charge >= 0.3 is 5.97 Å². The third-order valence-electron chi connectivity index (χ3n) is 6.04. The highest BCUT2D eigenvalue weighted by Crippen LogP contribution is 2.52. The molecule has 0 bridgehead atoms. The molecule has 0 spiro atoms. The van der Waals surface area contributed by atoms with Crippen LogP contribution in [0.25, 0.3) is 0 Å². The van der Waals surface area contributed by atoms with E-state index in [9.17, 15) is 29.7 Å². The van der Waals surface area contributed by atoms with Crippen LogP contribution in [0.5, 0.6) is 11.5 Å². The molecule has 2 aliphatic rings. The Balaban J connectivity index is 2.13. The normalized spacial score (nSPS) is 29.6. The molecule has 8 nitrogen and oxygen atoms in total. The zero-order valence-electron chi connectivity index (χ0n) is 16.2. The summed E-state index contributed by atoms with van der Waals surface area (Å²) < 4.78 is 0. The molecule has 152 valence electrons. The fourth-order valence-electron chi connectivity index (χ4n) is 4.53. The van der Waals surface area contributed by atoms with Gasteiger partial charge in [0.1, 0.15) is 5.54 Å². The predicted molar refractivity (Wildman–Crippen MR) is 99.5 cm³/mol. The average molecular weight is 390 g/mol. The maximum absolute atomic E-state index is 13.1. The van der Waals surface area contributed by atoms with Crippen LogP contribution >= 0.6 is 0 Å². The quantitative estimate of drug-likeness (QED) is 0.429. The van der Waals surface area contributed by atoms with Gasteiger partial charge in [-0.15, -0.1) is 0 Å². The predicted octanol–water partition coefficient (Wildman–Crippen LogP) is 1.62. The van der Waals surface area contributed by atoms with Gasteiger partial charge in [-0.3, -0.25) is 24.6 Å². The number of carbonyl (C=O) groups is 3. The first-order valence-corrected chi connectivity index (χ1v) is 9.55. The molecule has 0 saturated carbocycles. The highest BCUT2D eigenvalue weighted by atomic mass is 16.4. The fraction of sp³-hybridized carbons (Fsp3) is 0.550. The monoisotopic (exact) mass is 390 g/mol. The minimum atomic E-state index is -1.60. The van der Waals surface area contributed by atoms with E-state index in [1.54, 1.807) is 13.8 Å². The van der Waals surface area contributed by atoms with Crippen LogP contribution in [-0.4, -0.2) is 50.1 Å². The molecule has 8 heteroatoms. The van der Waals surface area contributed by atoms with Gasteiger partial charge in [-0.2, -0.15) is 0 Å². The van der Waals surface area contributed by atoms with E-state index >= 15 is 0 Å². The van der Waals surface area contributed by atoms with Crippen molar-refractivity contribution in [3.05, 3.63) is 23.8 Å². The third kappa shape index (κ3) is 2.74. The Morgan fingerprint density at radius 1 is 1.21 bits per heavy atom. The second-order valence-electron chi connectivity index (χ2n) is 7.88. The van der Waals surface area contributed by atoms with Gasteiger partial charge in [-0.1, -0.05) is 33.3 Å². The summed E-state index contributed by atoms with van der Waals surface area (Å²) in [5.41, 5.74) is -1.15.